The first-order valence-corrected chi connectivity index (χ1v) is 35.6. The molecule has 1 aliphatic heterocycles. The fraction of sp³-hybridized carbons (Fsp3) is 0.617. The number of carbonyl (C=O) groups excluding carboxylic acids is 1. The molecular formula is C47H68F3I3N3O16-. The summed E-state index contributed by atoms with van der Waals surface area (Å²) in [6.45, 7) is 11.5. The fourth-order valence-electron chi connectivity index (χ4n) is 6.08. The topological polar surface area (TPSA) is 225 Å². The van der Waals surface area contributed by atoms with Gasteiger partial charge in [-0.3, -0.25) is 9.78 Å². The Bertz CT molecular complexity index is 1860. The van der Waals surface area contributed by atoms with Gasteiger partial charge in [0.05, 0.1) is 131 Å². The van der Waals surface area contributed by atoms with Crippen LogP contribution in [-0.2, 0) is 64.8 Å². The van der Waals surface area contributed by atoms with Crippen LogP contribution in [0.15, 0.2) is 48.8 Å². The summed E-state index contributed by atoms with van der Waals surface area (Å²) in [5, 5.41) is 25.4. The Morgan fingerprint density at radius 2 is 1.21 bits per heavy atom. The minimum Gasteiger partial charge on any atom is -0.396 e. The number of ketones is 1. The summed E-state index contributed by atoms with van der Waals surface area (Å²) in [5.41, 5.74) is 2.64. The minimum absolute atomic E-state index is 0.0179. The maximum absolute atomic E-state index is 13.2. The number of hydrogen-bond acceptors (Lipinski definition) is 18. The zero-order valence-corrected chi connectivity index (χ0v) is 46.9. The van der Waals surface area contributed by atoms with Crippen molar-refractivity contribution >= 4 is 54.7 Å². The Hall–Kier alpha value is -2.24. The molecule has 0 aliphatic carbocycles. The number of aliphatic hydroxyl groups excluding tert-OH is 2. The Balaban J connectivity index is 0.000000747. The summed E-state index contributed by atoms with van der Waals surface area (Å²) >= 11 is 5.30. The third kappa shape index (κ3) is 31.6. The second kappa shape index (κ2) is 42.9. The minimum atomic E-state index is -4.54. The first kappa shape index (κ1) is 65.9. The number of benzene rings is 1. The van der Waals surface area contributed by atoms with Crippen LogP contribution < -0.4 is 22.9 Å². The standard InChI is InChI=1S/C36H44F3N3O10.C11H24O6.I3/c1-26-31(19-27(23-40-26)20-33(43)28-3-2-4-30(21-28)36(37,38)39)29-22-32(42-5-7-46-8-6-42)35(41-24-29)52-18-17-50-14-13-48-10-9-47-11-12-49-15-16-51-25-34(44)45;12-2-1-4-14-6-8-16-10-11-17-9-7-15-5-3-13;1-3-2/h2-4,19,21-24H,5-18,20,25H2,1H3,(H,44,45);12-13H,1-11H2;/q;;-1. The zero-order chi connectivity index (χ0) is 52.5. The van der Waals surface area contributed by atoms with Crippen molar-refractivity contribution in [1.29, 1.82) is 0 Å². The van der Waals surface area contributed by atoms with Crippen LogP contribution in [0.1, 0.15) is 33.6 Å². The van der Waals surface area contributed by atoms with Crippen LogP contribution in [0.5, 0.6) is 5.88 Å². The van der Waals surface area contributed by atoms with E-state index in [4.69, 9.17) is 67.4 Å². The number of carboxylic acids is 1. The van der Waals surface area contributed by atoms with Crippen LogP contribution in [0.3, 0.4) is 0 Å². The summed E-state index contributed by atoms with van der Waals surface area (Å²) in [7, 11) is 0. The molecule has 3 heterocycles. The van der Waals surface area contributed by atoms with E-state index in [1.54, 1.807) is 12.4 Å². The van der Waals surface area contributed by atoms with Crippen molar-refractivity contribution in [3.05, 3.63) is 71.2 Å². The van der Waals surface area contributed by atoms with Gasteiger partial charge in [-0.2, -0.15) is 13.2 Å². The number of hydrogen-bond donors (Lipinski definition) is 3. The molecule has 1 aromatic carbocycles. The molecule has 0 spiro atoms. The van der Waals surface area contributed by atoms with Crippen molar-refractivity contribution in [1.82, 2.24) is 9.97 Å². The zero-order valence-electron chi connectivity index (χ0n) is 40.5. The van der Waals surface area contributed by atoms with Crippen molar-refractivity contribution in [2.45, 2.75) is 25.9 Å². The number of aliphatic carboxylic acids is 1. The Morgan fingerprint density at radius 1 is 0.694 bits per heavy atom. The maximum Gasteiger partial charge on any atom is 0.0701 e. The smallest absolute Gasteiger partial charge is 0.0701 e. The molecule has 0 atom stereocenters. The Kier molecular flexibility index (Phi) is 39.3. The number of aliphatic hydroxyl groups is 2. The molecule has 0 saturated carbocycles. The van der Waals surface area contributed by atoms with Crippen LogP contribution in [0.4, 0.5) is 18.9 Å². The molecule has 19 nitrogen and oxygen atoms in total. The molecule has 3 N–H and O–H groups in total. The van der Waals surface area contributed by atoms with Gasteiger partial charge >= 0.3 is 62.6 Å². The number of aromatic nitrogens is 2. The van der Waals surface area contributed by atoms with Crippen molar-refractivity contribution in [3.63, 3.8) is 0 Å². The number of carboxylic acid groups (broad SMARTS) is 1. The first-order valence-electron chi connectivity index (χ1n) is 23.1. The predicted molar refractivity (Wildman–Crippen MR) is 272 cm³/mol. The third-order valence-electron chi connectivity index (χ3n) is 9.49. The van der Waals surface area contributed by atoms with Gasteiger partial charge in [0, 0.05) is 67.5 Å². The summed E-state index contributed by atoms with van der Waals surface area (Å²) in [6, 6.07) is 8.18. The van der Waals surface area contributed by atoms with Gasteiger partial charge in [0.2, 0.25) is 5.88 Å². The molecule has 0 unspecified atom stereocenters. The van der Waals surface area contributed by atoms with Gasteiger partial charge in [0.15, 0.2) is 5.78 Å². The van der Waals surface area contributed by atoms with E-state index in [0.717, 1.165) is 28.9 Å². The van der Waals surface area contributed by atoms with Gasteiger partial charge in [-0.25, -0.2) is 9.78 Å². The SMILES string of the molecule is Cc1ncc(CC(=O)c2cccc(C(F)(F)F)c2)cc1-c1cnc(OCCOCCOCCOCCOCCOCC(=O)O)c(N2CCOCC2)c1.I[I-]I.OCCCOCCOCCOCCOCCO. The molecule has 0 radical (unpaired) electrons. The van der Waals surface area contributed by atoms with Crippen molar-refractivity contribution in [2.24, 2.45) is 0 Å². The number of halogens is 6. The number of ether oxygens (including phenoxy) is 11. The number of Topliss-reactive ketones (excluding diaryl/α,β-unsaturated/α-hetero) is 1. The normalized spacial score (nSPS) is 12.5. The molecule has 4 rings (SSSR count). The largest absolute Gasteiger partial charge is 0.396 e. The summed E-state index contributed by atoms with van der Waals surface area (Å²) in [6.07, 6.45) is -0.767. The number of alkyl halides is 3. The third-order valence-corrected chi connectivity index (χ3v) is 9.49. The predicted octanol–water partition coefficient (Wildman–Crippen LogP) is 2.48. The monoisotopic (exact) mass is 1370 g/mol. The second-order valence-corrected chi connectivity index (χ2v) is 31.1. The van der Waals surface area contributed by atoms with Crippen LogP contribution in [0, 0.1) is 6.92 Å². The van der Waals surface area contributed by atoms with E-state index < -0.39 is 23.5 Å². The van der Waals surface area contributed by atoms with Gasteiger partial charge in [0.1, 0.15) is 18.9 Å². The van der Waals surface area contributed by atoms with Gasteiger partial charge in [-0.15, -0.1) is 0 Å². The van der Waals surface area contributed by atoms with E-state index in [9.17, 15) is 22.8 Å². The number of carbonyl (C=O) groups is 2. The molecule has 25 heteroatoms. The van der Waals surface area contributed by atoms with Gasteiger partial charge < -0.3 is 72.3 Å². The summed E-state index contributed by atoms with van der Waals surface area (Å²) in [5.74, 6) is -1.03. The quantitative estimate of drug-likeness (QED) is 0.0428. The molecule has 1 saturated heterocycles. The molecule has 0 amide bonds. The van der Waals surface area contributed by atoms with Crippen LogP contribution in [-0.4, -0.2) is 202 Å². The van der Waals surface area contributed by atoms with Crippen LogP contribution >= 0.6 is 37.2 Å². The molecule has 72 heavy (non-hydrogen) atoms. The number of morpholine rings is 1. The molecule has 3 aromatic rings. The molecular weight excluding hydrogens is 1300 g/mol. The number of rotatable bonds is 37. The van der Waals surface area contributed by atoms with Crippen molar-refractivity contribution < 1.29 is 103 Å². The first-order chi connectivity index (χ1) is 34.9. The van der Waals surface area contributed by atoms with Gasteiger partial charge in [-0.05, 0) is 43.2 Å². The van der Waals surface area contributed by atoms with Crippen LogP contribution in [0.2, 0.25) is 0 Å². The number of anilines is 1. The molecule has 1 aliphatic rings. The van der Waals surface area contributed by atoms with Crippen molar-refractivity contribution in [3.8, 4) is 17.0 Å². The van der Waals surface area contributed by atoms with E-state index in [2.05, 4.69) is 52.1 Å². The van der Waals surface area contributed by atoms with E-state index in [1.165, 1.54) is 12.1 Å². The average molecular weight is 1370 g/mol. The van der Waals surface area contributed by atoms with Gasteiger partial charge in [0.25, 0.3) is 0 Å². The van der Waals surface area contributed by atoms with E-state index in [-0.39, 0.29) is 45.0 Å². The second-order valence-electron chi connectivity index (χ2n) is 14.9. The fourth-order valence-corrected chi connectivity index (χ4v) is 6.08. The molecule has 0 bridgehead atoms. The number of aryl methyl sites for hydroxylation is 1. The van der Waals surface area contributed by atoms with E-state index in [0.29, 0.717) is 169 Å². The maximum atomic E-state index is 13.2. The van der Waals surface area contributed by atoms with E-state index >= 15 is 0 Å². The molecule has 1 fully saturated rings. The number of pyridine rings is 2. The Morgan fingerprint density at radius 3 is 1.72 bits per heavy atom. The van der Waals surface area contributed by atoms with E-state index in [1.807, 2.05) is 19.1 Å². The molecule has 2 aromatic heterocycles. The average Bonchev–Trinajstić information content (AvgIpc) is 3.37. The van der Waals surface area contributed by atoms with Crippen molar-refractivity contribution in [2.75, 3.05) is 170 Å². The number of nitrogens with zero attached hydrogens (tertiary/aromatic N) is 3. The summed E-state index contributed by atoms with van der Waals surface area (Å²) < 4.78 is 98.5. The van der Waals surface area contributed by atoms with Gasteiger partial charge in [-0.1, -0.05) is 12.1 Å². The molecule has 410 valence electrons. The van der Waals surface area contributed by atoms with Crippen LogP contribution in [0.25, 0.3) is 11.1 Å². The summed E-state index contributed by atoms with van der Waals surface area (Å²) in [4.78, 5) is 34.5. The Labute approximate surface area is 448 Å².